The molecule has 0 saturated carbocycles. The van der Waals surface area contributed by atoms with Gasteiger partial charge in [0.05, 0.1) is 5.69 Å². The van der Waals surface area contributed by atoms with Gasteiger partial charge in [-0.15, -0.1) is 11.8 Å². The maximum absolute atomic E-state index is 11.6. The van der Waals surface area contributed by atoms with Crippen LogP contribution in [0.5, 0.6) is 0 Å². The van der Waals surface area contributed by atoms with E-state index in [1.807, 2.05) is 25.1 Å². The Kier molecular flexibility index (Phi) is 3.38. The van der Waals surface area contributed by atoms with Gasteiger partial charge in [0.15, 0.2) is 0 Å². The Morgan fingerprint density at radius 1 is 1.47 bits per heavy atom. The molecule has 0 unspecified atom stereocenters. The number of carboxylic acids is 1. The molecule has 1 heterocycles. The van der Waals surface area contributed by atoms with Crippen LogP contribution in [0.25, 0.3) is 0 Å². The standard InChI is InChI=1S/C12H13NO3S/c1-2-8-4-3-5-9-10(8)13(6-7-17-9)11(14)12(15)16/h3-5H,2,6-7H2,1H3,(H,15,16). The number of rotatable bonds is 1. The van der Waals surface area contributed by atoms with Gasteiger partial charge in [0, 0.05) is 17.2 Å². The van der Waals surface area contributed by atoms with E-state index in [1.54, 1.807) is 11.8 Å². The van der Waals surface area contributed by atoms with E-state index < -0.39 is 11.9 Å². The van der Waals surface area contributed by atoms with Crippen LogP contribution in [0.4, 0.5) is 5.69 Å². The first-order chi connectivity index (χ1) is 8.15. The van der Waals surface area contributed by atoms with Crippen molar-refractivity contribution in [3.8, 4) is 0 Å². The van der Waals surface area contributed by atoms with Crippen molar-refractivity contribution in [2.75, 3.05) is 17.2 Å². The number of aliphatic carboxylic acids is 1. The first-order valence-electron chi connectivity index (χ1n) is 5.44. The predicted octanol–water partition coefficient (Wildman–Crippen LogP) is 1.77. The van der Waals surface area contributed by atoms with Crippen LogP contribution in [0, 0.1) is 0 Å². The van der Waals surface area contributed by atoms with Gasteiger partial charge in [0.25, 0.3) is 0 Å². The average Bonchev–Trinajstić information content (AvgIpc) is 2.36. The molecule has 0 radical (unpaired) electrons. The lowest BCUT2D eigenvalue weighted by Gasteiger charge is -2.29. The molecule has 1 aromatic carbocycles. The summed E-state index contributed by atoms with van der Waals surface area (Å²) in [6.07, 6.45) is 0.785. The minimum Gasteiger partial charge on any atom is -0.474 e. The van der Waals surface area contributed by atoms with Crippen molar-refractivity contribution in [1.82, 2.24) is 0 Å². The Balaban J connectivity index is 2.49. The monoisotopic (exact) mass is 251 g/mol. The largest absolute Gasteiger partial charge is 0.474 e. The van der Waals surface area contributed by atoms with Crippen molar-refractivity contribution in [2.24, 2.45) is 0 Å². The number of fused-ring (bicyclic) bond motifs is 1. The van der Waals surface area contributed by atoms with Crippen molar-refractivity contribution < 1.29 is 14.7 Å². The molecular formula is C12H13NO3S. The molecule has 5 heteroatoms. The molecule has 0 atom stereocenters. The van der Waals surface area contributed by atoms with Gasteiger partial charge < -0.3 is 10.0 Å². The first kappa shape index (κ1) is 12.0. The molecule has 0 spiro atoms. The Morgan fingerprint density at radius 3 is 2.88 bits per heavy atom. The number of hydrogen-bond donors (Lipinski definition) is 1. The quantitative estimate of drug-likeness (QED) is 0.773. The third-order valence-corrected chi connectivity index (χ3v) is 3.76. The van der Waals surface area contributed by atoms with Crippen molar-refractivity contribution in [1.29, 1.82) is 0 Å². The summed E-state index contributed by atoms with van der Waals surface area (Å²) in [4.78, 5) is 24.8. The molecule has 0 saturated heterocycles. The summed E-state index contributed by atoms with van der Waals surface area (Å²) in [7, 11) is 0. The number of hydrogen-bond acceptors (Lipinski definition) is 3. The van der Waals surface area contributed by atoms with Crippen molar-refractivity contribution >= 4 is 29.3 Å². The molecule has 4 nitrogen and oxygen atoms in total. The summed E-state index contributed by atoms with van der Waals surface area (Å²) in [6, 6.07) is 5.81. The maximum atomic E-state index is 11.6. The van der Waals surface area contributed by atoms with Gasteiger partial charge in [0.1, 0.15) is 0 Å². The van der Waals surface area contributed by atoms with Crippen LogP contribution in [0.1, 0.15) is 12.5 Å². The molecule has 2 rings (SSSR count). The molecule has 0 aromatic heterocycles. The van der Waals surface area contributed by atoms with Gasteiger partial charge in [0.2, 0.25) is 0 Å². The van der Waals surface area contributed by atoms with E-state index in [9.17, 15) is 9.59 Å². The molecule has 17 heavy (non-hydrogen) atoms. The molecule has 1 N–H and O–H groups in total. The third-order valence-electron chi connectivity index (χ3n) is 2.73. The second-order valence-electron chi connectivity index (χ2n) is 3.73. The van der Waals surface area contributed by atoms with Gasteiger partial charge in [-0.2, -0.15) is 0 Å². The number of aryl methyl sites for hydroxylation is 1. The molecule has 90 valence electrons. The van der Waals surface area contributed by atoms with Crippen LogP contribution >= 0.6 is 11.8 Å². The zero-order chi connectivity index (χ0) is 12.4. The van der Waals surface area contributed by atoms with Gasteiger partial charge in [-0.05, 0) is 18.1 Å². The van der Waals surface area contributed by atoms with Crippen molar-refractivity contribution in [3.05, 3.63) is 23.8 Å². The summed E-state index contributed by atoms with van der Waals surface area (Å²) in [5, 5.41) is 8.83. The summed E-state index contributed by atoms with van der Waals surface area (Å²) in [5.74, 6) is -1.50. The number of para-hydroxylation sites is 1. The number of benzene rings is 1. The first-order valence-corrected chi connectivity index (χ1v) is 6.43. The fourth-order valence-electron chi connectivity index (χ4n) is 1.95. The predicted molar refractivity (Wildman–Crippen MR) is 66.5 cm³/mol. The lowest BCUT2D eigenvalue weighted by atomic mass is 10.1. The van der Waals surface area contributed by atoms with Crippen molar-refractivity contribution in [2.45, 2.75) is 18.2 Å². The van der Waals surface area contributed by atoms with Gasteiger partial charge >= 0.3 is 11.9 Å². The summed E-state index contributed by atoms with van der Waals surface area (Å²) in [6.45, 7) is 2.46. The Morgan fingerprint density at radius 2 is 2.24 bits per heavy atom. The minimum atomic E-state index is -1.39. The minimum absolute atomic E-state index is 0.458. The topological polar surface area (TPSA) is 57.6 Å². The molecule has 1 aromatic rings. The highest BCUT2D eigenvalue weighted by atomic mass is 32.2. The molecule has 1 amide bonds. The van der Waals surface area contributed by atoms with E-state index in [1.165, 1.54) is 4.90 Å². The summed E-state index contributed by atoms with van der Waals surface area (Å²) < 4.78 is 0. The summed E-state index contributed by atoms with van der Waals surface area (Å²) >= 11 is 1.66. The maximum Gasteiger partial charge on any atom is 0.394 e. The van der Waals surface area contributed by atoms with Crippen molar-refractivity contribution in [3.63, 3.8) is 0 Å². The number of anilines is 1. The van der Waals surface area contributed by atoms with Crippen LogP contribution < -0.4 is 4.90 Å². The zero-order valence-corrected chi connectivity index (χ0v) is 10.3. The van der Waals surface area contributed by atoms with Crippen LogP contribution in [0.3, 0.4) is 0 Å². The number of thioether (sulfide) groups is 1. The molecule has 1 aliphatic heterocycles. The number of carbonyl (C=O) groups is 2. The fourth-order valence-corrected chi connectivity index (χ4v) is 3.00. The summed E-state index contributed by atoms with van der Waals surface area (Å²) in [5.41, 5.74) is 1.79. The van der Waals surface area contributed by atoms with Crippen LogP contribution in [-0.4, -0.2) is 29.3 Å². The second kappa shape index (κ2) is 4.79. The van der Waals surface area contributed by atoms with E-state index in [4.69, 9.17) is 5.11 Å². The van der Waals surface area contributed by atoms with E-state index in [0.29, 0.717) is 6.54 Å². The highest BCUT2D eigenvalue weighted by molar-refractivity contribution is 7.99. The number of nitrogens with zero attached hydrogens (tertiary/aromatic N) is 1. The van der Waals surface area contributed by atoms with Crippen LogP contribution in [0.15, 0.2) is 23.1 Å². The molecule has 1 aliphatic rings. The smallest absolute Gasteiger partial charge is 0.394 e. The normalized spacial score (nSPS) is 14.3. The van der Waals surface area contributed by atoms with Gasteiger partial charge in [-0.1, -0.05) is 19.1 Å². The molecule has 0 fully saturated rings. The SMILES string of the molecule is CCc1cccc2c1N(C(=O)C(=O)O)CCS2. The zero-order valence-electron chi connectivity index (χ0n) is 9.47. The van der Waals surface area contributed by atoms with Crippen LogP contribution in [0.2, 0.25) is 0 Å². The van der Waals surface area contributed by atoms with E-state index >= 15 is 0 Å². The van der Waals surface area contributed by atoms with E-state index in [2.05, 4.69) is 0 Å². The molecular weight excluding hydrogens is 238 g/mol. The highest BCUT2D eigenvalue weighted by Gasteiger charge is 2.28. The van der Waals surface area contributed by atoms with Gasteiger partial charge in [-0.25, -0.2) is 4.79 Å². The second-order valence-corrected chi connectivity index (χ2v) is 4.86. The average molecular weight is 251 g/mol. The Bertz CT molecular complexity index is 459. The fraction of sp³-hybridized carbons (Fsp3) is 0.333. The molecule has 0 aliphatic carbocycles. The van der Waals surface area contributed by atoms with E-state index in [-0.39, 0.29) is 0 Å². The van der Waals surface area contributed by atoms with E-state index in [0.717, 1.165) is 28.3 Å². The Labute approximate surface area is 104 Å². The van der Waals surface area contributed by atoms with Gasteiger partial charge in [-0.3, -0.25) is 4.79 Å². The number of carboxylic acid groups (broad SMARTS) is 1. The lowest BCUT2D eigenvalue weighted by Crippen LogP contribution is -2.40. The highest BCUT2D eigenvalue weighted by Crippen LogP contribution is 2.37. The Hall–Kier alpha value is -1.49. The van der Waals surface area contributed by atoms with Crippen LogP contribution in [-0.2, 0) is 16.0 Å². The lowest BCUT2D eigenvalue weighted by molar-refractivity contribution is -0.148. The number of amides is 1. The molecule has 0 bridgehead atoms. The third kappa shape index (κ3) is 2.15. The number of carbonyl (C=O) groups excluding carboxylic acids is 1.